The van der Waals surface area contributed by atoms with Crippen LogP contribution in [0.4, 0.5) is 5.69 Å². The van der Waals surface area contributed by atoms with Gasteiger partial charge in [0.25, 0.3) is 0 Å². The molecule has 1 aliphatic carbocycles. The smallest absolute Gasteiger partial charge is 0.0554 e. The Balaban J connectivity index is 1.80. The molecule has 3 unspecified atom stereocenters. The highest BCUT2D eigenvalue weighted by molar-refractivity contribution is 9.10. The number of hydrogen-bond donors (Lipinski definition) is 1. The van der Waals surface area contributed by atoms with E-state index in [1.807, 2.05) is 12.1 Å². The zero-order chi connectivity index (χ0) is 14.4. The third kappa shape index (κ3) is 2.31. The van der Waals surface area contributed by atoms with Gasteiger partial charge in [-0.3, -0.25) is 0 Å². The van der Waals surface area contributed by atoms with Gasteiger partial charge in [-0.1, -0.05) is 51.8 Å². The molecule has 0 amide bonds. The van der Waals surface area contributed by atoms with Crippen LogP contribution < -0.4 is 5.32 Å². The highest BCUT2D eigenvalue weighted by Gasteiger charge is 2.37. The predicted octanol–water partition coefficient (Wildman–Crippen LogP) is 5.93. The average Bonchev–Trinajstić information content (AvgIpc) is 2.96. The van der Waals surface area contributed by atoms with Crippen LogP contribution in [0.2, 0.25) is 5.02 Å². The Labute approximate surface area is 138 Å². The van der Waals surface area contributed by atoms with Crippen molar-refractivity contribution in [3.8, 4) is 0 Å². The summed E-state index contributed by atoms with van der Waals surface area (Å²) in [5.74, 6) is 1.05. The molecule has 1 aliphatic heterocycles. The molecule has 1 heterocycles. The van der Waals surface area contributed by atoms with Gasteiger partial charge in [-0.05, 0) is 53.8 Å². The standard InChI is InChI=1S/C18H15BrClN/c19-12-7-8-17-16(10-12)14-5-2-6-15(14)18(21-17)11-3-1-4-13(20)9-11/h1-5,7-10,14-15,18,21H,6H2. The maximum absolute atomic E-state index is 6.18. The molecular weight excluding hydrogens is 346 g/mol. The lowest BCUT2D eigenvalue weighted by atomic mass is 9.77. The van der Waals surface area contributed by atoms with Gasteiger partial charge in [0.15, 0.2) is 0 Å². The summed E-state index contributed by atoms with van der Waals surface area (Å²) in [6, 6.07) is 15.0. The third-order valence-electron chi connectivity index (χ3n) is 4.53. The van der Waals surface area contributed by atoms with E-state index in [-0.39, 0.29) is 0 Å². The van der Waals surface area contributed by atoms with Gasteiger partial charge in [0.05, 0.1) is 6.04 Å². The van der Waals surface area contributed by atoms with E-state index in [1.54, 1.807) is 0 Å². The Morgan fingerprint density at radius 3 is 2.90 bits per heavy atom. The van der Waals surface area contributed by atoms with Crippen molar-refractivity contribution in [1.82, 2.24) is 0 Å². The maximum atomic E-state index is 6.18. The van der Waals surface area contributed by atoms with Crippen molar-refractivity contribution in [3.05, 3.63) is 75.2 Å². The number of benzene rings is 2. The second-order valence-corrected chi connectivity index (χ2v) is 7.11. The lowest BCUT2D eigenvalue weighted by Crippen LogP contribution is -2.29. The highest BCUT2D eigenvalue weighted by atomic mass is 79.9. The zero-order valence-electron chi connectivity index (χ0n) is 11.4. The third-order valence-corrected chi connectivity index (χ3v) is 5.26. The predicted molar refractivity (Wildman–Crippen MR) is 91.9 cm³/mol. The van der Waals surface area contributed by atoms with Crippen LogP contribution in [-0.4, -0.2) is 0 Å². The molecule has 2 aromatic rings. The Bertz CT molecular complexity index is 725. The van der Waals surface area contributed by atoms with Gasteiger partial charge in [-0.15, -0.1) is 0 Å². The summed E-state index contributed by atoms with van der Waals surface area (Å²) in [4.78, 5) is 0. The van der Waals surface area contributed by atoms with E-state index >= 15 is 0 Å². The second-order valence-electron chi connectivity index (χ2n) is 5.76. The first kappa shape index (κ1) is 13.4. The number of halogens is 2. The molecular formula is C18H15BrClN. The fourth-order valence-corrected chi connectivity index (χ4v) is 4.17. The van der Waals surface area contributed by atoms with Gasteiger partial charge in [0.2, 0.25) is 0 Å². The van der Waals surface area contributed by atoms with E-state index in [9.17, 15) is 0 Å². The molecule has 106 valence electrons. The Morgan fingerprint density at radius 1 is 1.14 bits per heavy atom. The highest BCUT2D eigenvalue weighted by Crippen LogP contribution is 2.50. The molecule has 2 aromatic carbocycles. The Hall–Kier alpha value is -1.25. The van der Waals surface area contributed by atoms with Crippen LogP contribution in [-0.2, 0) is 0 Å². The molecule has 1 nitrogen and oxygen atoms in total. The molecule has 1 N–H and O–H groups in total. The van der Waals surface area contributed by atoms with Crippen molar-refractivity contribution >= 4 is 33.2 Å². The fraction of sp³-hybridized carbons (Fsp3) is 0.222. The number of hydrogen-bond acceptors (Lipinski definition) is 1. The topological polar surface area (TPSA) is 12.0 Å². The Kier molecular flexibility index (Phi) is 3.31. The molecule has 21 heavy (non-hydrogen) atoms. The van der Waals surface area contributed by atoms with Gasteiger partial charge in [-0.2, -0.15) is 0 Å². The van der Waals surface area contributed by atoms with E-state index in [4.69, 9.17) is 11.6 Å². The van der Waals surface area contributed by atoms with Gasteiger partial charge in [0.1, 0.15) is 0 Å². The molecule has 0 aromatic heterocycles. The largest absolute Gasteiger partial charge is 0.378 e. The zero-order valence-corrected chi connectivity index (χ0v) is 13.7. The summed E-state index contributed by atoms with van der Waals surface area (Å²) in [6.45, 7) is 0. The summed E-state index contributed by atoms with van der Waals surface area (Å²) in [5.41, 5.74) is 3.90. The van der Waals surface area contributed by atoms with E-state index in [2.05, 4.69) is 63.7 Å². The van der Waals surface area contributed by atoms with Crippen molar-refractivity contribution in [2.24, 2.45) is 5.92 Å². The van der Waals surface area contributed by atoms with Crippen LogP contribution in [0.1, 0.15) is 29.5 Å². The van der Waals surface area contributed by atoms with E-state index in [1.165, 1.54) is 16.8 Å². The lowest BCUT2D eigenvalue weighted by molar-refractivity contribution is 0.425. The van der Waals surface area contributed by atoms with E-state index < -0.39 is 0 Å². The summed E-state index contributed by atoms with van der Waals surface area (Å²) in [6.07, 6.45) is 5.78. The molecule has 0 fully saturated rings. The first-order valence-electron chi connectivity index (χ1n) is 7.20. The summed E-state index contributed by atoms with van der Waals surface area (Å²) < 4.78 is 1.14. The van der Waals surface area contributed by atoms with Crippen molar-refractivity contribution in [3.63, 3.8) is 0 Å². The van der Waals surface area contributed by atoms with Gasteiger partial charge >= 0.3 is 0 Å². The fourth-order valence-electron chi connectivity index (χ4n) is 3.60. The van der Waals surface area contributed by atoms with Gasteiger partial charge in [0, 0.05) is 21.1 Å². The van der Waals surface area contributed by atoms with Crippen LogP contribution >= 0.6 is 27.5 Å². The lowest BCUT2D eigenvalue weighted by Gasteiger charge is -2.37. The number of rotatable bonds is 1. The summed E-state index contributed by atoms with van der Waals surface area (Å²) in [7, 11) is 0. The maximum Gasteiger partial charge on any atom is 0.0554 e. The van der Waals surface area contributed by atoms with Crippen molar-refractivity contribution < 1.29 is 0 Å². The molecule has 0 saturated heterocycles. The van der Waals surface area contributed by atoms with Crippen LogP contribution in [0, 0.1) is 5.92 Å². The summed E-state index contributed by atoms with van der Waals surface area (Å²) >= 11 is 9.77. The van der Waals surface area contributed by atoms with E-state index in [0.29, 0.717) is 17.9 Å². The number of nitrogens with one attached hydrogen (secondary N) is 1. The molecule has 4 rings (SSSR count). The minimum atomic E-state index is 0.317. The first-order chi connectivity index (χ1) is 10.2. The second kappa shape index (κ2) is 5.19. The molecule has 0 spiro atoms. The minimum absolute atomic E-state index is 0.317. The quantitative estimate of drug-likeness (QED) is 0.622. The normalized spacial score (nSPS) is 26.1. The van der Waals surface area contributed by atoms with Crippen LogP contribution in [0.25, 0.3) is 0 Å². The Morgan fingerprint density at radius 2 is 2.05 bits per heavy atom. The summed E-state index contributed by atoms with van der Waals surface area (Å²) in [5, 5.41) is 4.52. The average molecular weight is 361 g/mol. The number of fused-ring (bicyclic) bond motifs is 3. The van der Waals surface area contributed by atoms with Crippen LogP contribution in [0.5, 0.6) is 0 Å². The van der Waals surface area contributed by atoms with Gasteiger partial charge < -0.3 is 5.32 Å². The molecule has 0 saturated carbocycles. The first-order valence-corrected chi connectivity index (χ1v) is 8.37. The molecule has 0 bridgehead atoms. The molecule has 2 aliphatic rings. The molecule has 3 atom stereocenters. The van der Waals surface area contributed by atoms with E-state index in [0.717, 1.165) is 15.9 Å². The van der Waals surface area contributed by atoms with Crippen molar-refractivity contribution in [2.45, 2.75) is 18.4 Å². The van der Waals surface area contributed by atoms with Crippen LogP contribution in [0.3, 0.4) is 0 Å². The van der Waals surface area contributed by atoms with Crippen molar-refractivity contribution in [2.75, 3.05) is 5.32 Å². The van der Waals surface area contributed by atoms with Crippen molar-refractivity contribution in [1.29, 1.82) is 0 Å². The number of allylic oxidation sites excluding steroid dienone is 2. The van der Waals surface area contributed by atoms with Crippen LogP contribution in [0.15, 0.2) is 59.1 Å². The van der Waals surface area contributed by atoms with Gasteiger partial charge in [-0.25, -0.2) is 0 Å². The minimum Gasteiger partial charge on any atom is -0.378 e. The molecule has 3 heteroatoms. The number of anilines is 1. The monoisotopic (exact) mass is 359 g/mol. The SMILES string of the molecule is Clc1cccc(C2Nc3ccc(Br)cc3C3C=CCC32)c1. The molecule has 0 radical (unpaired) electrons.